The van der Waals surface area contributed by atoms with Crippen molar-refractivity contribution in [1.29, 1.82) is 0 Å². The van der Waals surface area contributed by atoms with Gasteiger partial charge in [-0.05, 0) is 37.1 Å². The highest BCUT2D eigenvalue weighted by atomic mass is 32.2. The Kier molecular flexibility index (Phi) is 7.91. The topological polar surface area (TPSA) is 54.5 Å². The average Bonchev–Trinajstić information content (AvgIpc) is 3.12. The molecule has 1 aromatic carbocycles. The van der Waals surface area contributed by atoms with E-state index in [0.29, 0.717) is 24.1 Å². The third-order valence-electron chi connectivity index (χ3n) is 4.93. The first-order chi connectivity index (χ1) is 13.5. The first-order valence-corrected chi connectivity index (χ1v) is 11.6. The van der Waals surface area contributed by atoms with Gasteiger partial charge in [0, 0.05) is 47.3 Å². The third-order valence-corrected chi connectivity index (χ3v) is 6.79. The van der Waals surface area contributed by atoms with Crippen LogP contribution in [0.3, 0.4) is 0 Å². The number of nitrogens with one attached hydrogen (secondary N) is 1. The molecule has 0 aliphatic carbocycles. The molecule has 5 nitrogen and oxygen atoms in total. The molecule has 0 radical (unpaired) electrons. The lowest BCUT2D eigenvalue weighted by Gasteiger charge is -2.36. The molecule has 0 spiro atoms. The largest absolute Gasteiger partial charge is 0.379 e. The highest BCUT2D eigenvalue weighted by molar-refractivity contribution is 7.98. The maximum atomic E-state index is 12.6. The summed E-state index contributed by atoms with van der Waals surface area (Å²) >= 11 is 3.42. The van der Waals surface area contributed by atoms with E-state index in [1.54, 1.807) is 23.1 Å². The summed E-state index contributed by atoms with van der Waals surface area (Å²) in [6.45, 7) is 10.5. The Morgan fingerprint density at radius 1 is 1.29 bits per heavy atom. The molecule has 1 aliphatic heterocycles. The number of thioether (sulfide) groups is 1. The number of hydrogen-bond acceptors (Lipinski definition) is 6. The number of carbonyl (C=O) groups is 1. The second-order valence-electron chi connectivity index (χ2n) is 7.34. The molecule has 1 aliphatic rings. The van der Waals surface area contributed by atoms with Crippen LogP contribution >= 0.6 is 23.1 Å². The van der Waals surface area contributed by atoms with Crippen molar-refractivity contribution in [2.24, 2.45) is 5.92 Å². The number of carbonyl (C=O) groups excluding carboxylic acids is 1. The van der Waals surface area contributed by atoms with Crippen molar-refractivity contribution in [3.63, 3.8) is 0 Å². The van der Waals surface area contributed by atoms with Crippen molar-refractivity contribution in [3.8, 4) is 0 Å². The molecule has 2 heterocycles. The first-order valence-electron chi connectivity index (χ1n) is 9.77. The molecule has 152 valence electrons. The Morgan fingerprint density at radius 2 is 2.00 bits per heavy atom. The standard InChI is InChI=1S/C21H29N3O2S2/c1-15(2)20(24-8-10-26-11-9-24)12-22-21(25)17-4-6-19(7-5-17)28-14-18-13-27-16(3)23-18/h4-7,13,15,20H,8-12,14H2,1-3H3,(H,22,25)/t20-/m0/s1. The van der Waals surface area contributed by atoms with E-state index in [1.807, 2.05) is 31.2 Å². The smallest absolute Gasteiger partial charge is 0.251 e. The van der Waals surface area contributed by atoms with Gasteiger partial charge in [-0.15, -0.1) is 23.1 Å². The van der Waals surface area contributed by atoms with E-state index in [4.69, 9.17) is 4.74 Å². The molecular weight excluding hydrogens is 390 g/mol. The van der Waals surface area contributed by atoms with Crippen molar-refractivity contribution in [2.45, 2.75) is 37.5 Å². The quantitative estimate of drug-likeness (QED) is 0.659. The maximum Gasteiger partial charge on any atom is 0.251 e. The van der Waals surface area contributed by atoms with Crippen LogP contribution in [0.5, 0.6) is 0 Å². The van der Waals surface area contributed by atoms with Crippen LogP contribution in [0.4, 0.5) is 0 Å². The predicted octanol–water partition coefficient (Wildman–Crippen LogP) is 3.83. The zero-order valence-electron chi connectivity index (χ0n) is 16.8. The second-order valence-corrected chi connectivity index (χ2v) is 9.45. The number of benzene rings is 1. The highest BCUT2D eigenvalue weighted by Gasteiger charge is 2.24. The van der Waals surface area contributed by atoms with Crippen molar-refractivity contribution < 1.29 is 9.53 Å². The molecule has 2 aromatic rings. The monoisotopic (exact) mass is 419 g/mol. The SMILES string of the molecule is Cc1nc(CSc2ccc(C(=O)NC[C@@H](C(C)C)N3CCOCC3)cc2)cs1. The van der Waals surface area contributed by atoms with Gasteiger partial charge < -0.3 is 10.1 Å². The minimum absolute atomic E-state index is 0.00872. The number of amides is 1. The van der Waals surface area contributed by atoms with Crippen molar-refractivity contribution in [3.05, 3.63) is 45.9 Å². The summed E-state index contributed by atoms with van der Waals surface area (Å²) in [5.74, 6) is 1.32. The maximum absolute atomic E-state index is 12.6. The van der Waals surface area contributed by atoms with E-state index in [1.165, 1.54) is 0 Å². The number of hydrogen-bond donors (Lipinski definition) is 1. The van der Waals surface area contributed by atoms with Gasteiger partial charge in [0.1, 0.15) is 0 Å². The molecule has 0 saturated carbocycles. The molecule has 1 N–H and O–H groups in total. The minimum Gasteiger partial charge on any atom is -0.379 e. The van der Waals surface area contributed by atoms with Crippen LogP contribution in [0, 0.1) is 12.8 Å². The summed E-state index contributed by atoms with van der Waals surface area (Å²) in [7, 11) is 0. The van der Waals surface area contributed by atoms with E-state index < -0.39 is 0 Å². The molecule has 28 heavy (non-hydrogen) atoms. The van der Waals surface area contributed by atoms with Crippen LogP contribution < -0.4 is 5.32 Å². The molecule has 0 unspecified atom stereocenters. The number of nitrogens with zero attached hydrogens (tertiary/aromatic N) is 2. The fraction of sp³-hybridized carbons (Fsp3) is 0.524. The number of thiazole rings is 1. The Labute approximate surface area is 175 Å². The summed E-state index contributed by atoms with van der Waals surface area (Å²) in [6.07, 6.45) is 0. The summed E-state index contributed by atoms with van der Waals surface area (Å²) in [4.78, 5) is 20.6. The molecule has 3 rings (SSSR count). The lowest BCUT2D eigenvalue weighted by Crippen LogP contribution is -2.51. The molecular formula is C21H29N3O2S2. The molecule has 1 fully saturated rings. The molecule has 7 heteroatoms. The zero-order valence-corrected chi connectivity index (χ0v) is 18.4. The predicted molar refractivity (Wildman–Crippen MR) is 116 cm³/mol. The van der Waals surface area contributed by atoms with Crippen molar-refractivity contribution in [2.75, 3.05) is 32.8 Å². The van der Waals surface area contributed by atoms with E-state index in [2.05, 4.69) is 34.4 Å². The number of aryl methyl sites for hydroxylation is 1. The van der Waals surface area contributed by atoms with Crippen LogP contribution in [0.25, 0.3) is 0 Å². The van der Waals surface area contributed by atoms with E-state index in [9.17, 15) is 4.79 Å². The summed E-state index contributed by atoms with van der Waals surface area (Å²) in [5, 5.41) is 6.32. The van der Waals surface area contributed by atoms with Gasteiger partial charge in [0.2, 0.25) is 0 Å². The Bertz CT molecular complexity index is 755. The van der Waals surface area contributed by atoms with Gasteiger partial charge in [-0.25, -0.2) is 4.98 Å². The highest BCUT2D eigenvalue weighted by Crippen LogP contribution is 2.24. The lowest BCUT2D eigenvalue weighted by molar-refractivity contribution is 0.00673. The fourth-order valence-corrected chi connectivity index (χ4v) is 4.84. The van der Waals surface area contributed by atoms with Gasteiger partial charge in [0.05, 0.1) is 23.9 Å². The molecule has 0 bridgehead atoms. The summed E-state index contributed by atoms with van der Waals surface area (Å²) < 4.78 is 5.45. The van der Waals surface area contributed by atoms with Crippen LogP contribution in [0.2, 0.25) is 0 Å². The van der Waals surface area contributed by atoms with Gasteiger partial charge in [-0.1, -0.05) is 13.8 Å². The lowest BCUT2D eigenvalue weighted by atomic mass is 10.0. The molecule has 1 aromatic heterocycles. The van der Waals surface area contributed by atoms with Crippen LogP contribution in [0.15, 0.2) is 34.5 Å². The molecule has 1 amide bonds. The average molecular weight is 420 g/mol. The van der Waals surface area contributed by atoms with E-state index in [0.717, 1.165) is 47.7 Å². The van der Waals surface area contributed by atoms with Crippen molar-refractivity contribution >= 4 is 29.0 Å². The normalized spacial score (nSPS) is 16.3. The van der Waals surface area contributed by atoms with Gasteiger partial charge in [0.25, 0.3) is 5.91 Å². The molecule has 1 saturated heterocycles. The molecule has 1 atom stereocenters. The minimum atomic E-state index is -0.00872. The second kappa shape index (κ2) is 10.4. The van der Waals surface area contributed by atoms with Gasteiger partial charge >= 0.3 is 0 Å². The summed E-state index contributed by atoms with van der Waals surface area (Å²) in [5.41, 5.74) is 1.82. The van der Waals surface area contributed by atoms with Crippen LogP contribution in [0.1, 0.15) is 34.9 Å². The Hall–Kier alpha value is -1.41. The number of aromatic nitrogens is 1. The van der Waals surface area contributed by atoms with Crippen LogP contribution in [-0.4, -0.2) is 54.7 Å². The zero-order chi connectivity index (χ0) is 19.9. The Morgan fingerprint density at radius 3 is 2.61 bits per heavy atom. The summed E-state index contributed by atoms with van der Waals surface area (Å²) in [6, 6.07) is 8.18. The van der Waals surface area contributed by atoms with E-state index >= 15 is 0 Å². The number of ether oxygens (including phenoxy) is 1. The third kappa shape index (κ3) is 6.04. The van der Waals surface area contributed by atoms with Gasteiger partial charge in [-0.3, -0.25) is 9.69 Å². The van der Waals surface area contributed by atoms with Gasteiger partial charge in [-0.2, -0.15) is 0 Å². The Balaban J connectivity index is 1.50. The number of rotatable bonds is 8. The van der Waals surface area contributed by atoms with Gasteiger partial charge in [0.15, 0.2) is 0 Å². The fourth-order valence-electron chi connectivity index (χ4n) is 3.33. The first kappa shape index (κ1) is 21.3. The van der Waals surface area contributed by atoms with Crippen LogP contribution in [-0.2, 0) is 10.5 Å². The van der Waals surface area contributed by atoms with Crippen molar-refractivity contribution in [1.82, 2.24) is 15.2 Å². The number of morpholine rings is 1. The van der Waals surface area contributed by atoms with E-state index in [-0.39, 0.29) is 5.91 Å².